The first-order valence-corrected chi connectivity index (χ1v) is 11.8. The molecule has 0 amide bonds. The molecule has 0 bridgehead atoms. The van der Waals surface area contributed by atoms with Gasteiger partial charge in [-0.05, 0) is 91.8 Å². The molecule has 174 valence electrons. The summed E-state index contributed by atoms with van der Waals surface area (Å²) < 4.78 is 6.08. The van der Waals surface area contributed by atoms with Crippen LogP contribution < -0.4 is 0 Å². The number of benzene rings is 3. The van der Waals surface area contributed by atoms with Crippen molar-refractivity contribution in [2.75, 3.05) is 0 Å². The Labute approximate surface area is 200 Å². The van der Waals surface area contributed by atoms with Gasteiger partial charge in [-0.3, -0.25) is 0 Å². The summed E-state index contributed by atoms with van der Waals surface area (Å²) in [7, 11) is 0. The van der Waals surface area contributed by atoms with Crippen LogP contribution in [-0.4, -0.2) is 21.8 Å². The van der Waals surface area contributed by atoms with Crippen molar-refractivity contribution in [1.29, 1.82) is 0 Å². The second-order valence-electron chi connectivity index (χ2n) is 10.1. The number of halogens is 1. The molecule has 0 heterocycles. The molecule has 33 heavy (non-hydrogen) atoms. The Bertz CT molecular complexity index is 1190. The average Bonchev–Trinajstić information content (AvgIpc) is 3.19. The van der Waals surface area contributed by atoms with Gasteiger partial charge in [0.25, 0.3) is 0 Å². The first kappa shape index (κ1) is 23.7. The number of hydrogen-bond acceptors (Lipinski definition) is 3. The fourth-order valence-electron chi connectivity index (χ4n) is 4.94. The van der Waals surface area contributed by atoms with Crippen LogP contribution in [-0.2, 0) is 15.1 Å². The molecule has 1 atom stereocenters. The monoisotopic (exact) mass is 466 g/mol. The van der Waals surface area contributed by atoms with Gasteiger partial charge >= 0.3 is 5.97 Å². The molecule has 0 saturated heterocycles. The summed E-state index contributed by atoms with van der Waals surface area (Å²) in [5.41, 5.74) is 2.53. The first-order chi connectivity index (χ1) is 15.5. The minimum Gasteiger partial charge on any atom is -0.479 e. The molecule has 5 heteroatoms. The van der Waals surface area contributed by atoms with Gasteiger partial charge in [-0.25, -0.2) is 4.79 Å². The highest BCUT2D eigenvalue weighted by Gasteiger charge is 2.35. The molecule has 3 aromatic rings. The Kier molecular flexibility index (Phi) is 6.30. The lowest BCUT2D eigenvalue weighted by Crippen LogP contribution is -2.28. The summed E-state index contributed by atoms with van der Waals surface area (Å²) in [5.74, 6) is -1.03. The van der Waals surface area contributed by atoms with Crippen LogP contribution in [0.25, 0.3) is 21.9 Å². The van der Waals surface area contributed by atoms with E-state index in [0.29, 0.717) is 10.6 Å². The molecule has 1 saturated carbocycles. The SMILES string of the molecule is Cc1cc2ccc(C3(O)CCCC3)cc2c(-c2ccc(Cl)cc2)c1C(OC(C)(C)C)C(=O)O. The Morgan fingerprint density at radius 1 is 1.06 bits per heavy atom. The van der Waals surface area contributed by atoms with E-state index in [4.69, 9.17) is 16.3 Å². The molecular weight excluding hydrogens is 436 g/mol. The molecule has 0 aromatic heterocycles. The molecule has 0 radical (unpaired) electrons. The fourth-order valence-corrected chi connectivity index (χ4v) is 5.07. The maximum absolute atomic E-state index is 12.4. The summed E-state index contributed by atoms with van der Waals surface area (Å²) in [6.07, 6.45) is 2.33. The Balaban J connectivity index is 2.05. The molecule has 3 aromatic carbocycles. The number of carboxylic acids is 1. The summed E-state index contributed by atoms with van der Waals surface area (Å²) >= 11 is 6.17. The Hall–Kier alpha value is -2.40. The Morgan fingerprint density at radius 2 is 1.70 bits per heavy atom. The quantitative estimate of drug-likeness (QED) is 0.418. The second-order valence-corrected chi connectivity index (χ2v) is 10.5. The van der Waals surface area contributed by atoms with E-state index in [1.807, 2.05) is 76.2 Å². The molecule has 1 fully saturated rings. The third-order valence-electron chi connectivity index (χ3n) is 6.45. The fraction of sp³-hybridized carbons (Fsp3) is 0.393. The highest BCUT2D eigenvalue weighted by atomic mass is 35.5. The number of fused-ring (bicyclic) bond motifs is 1. The summed E-state index contributed by atoms with van der Waals surface area (Å²) in [6, 6.07) is 15.5. The summed E-state index contributed by atoms with van der Waals surface area (Å²) in [6.45, 7) is 7.49. The maximum Gasteiger partial charge on any atom is 0.337 e. The van der Waals surface area contributed by atoms with Crippen molar-refractivity contribution in [3.63, 3.8) is 0 Å². The lowest BCUT2D eigenvalue weighted by molar-refractivity contribution is -0.160. The lowest BCUT2D eigenvalue weighted by atomic mass is 9.84. The van der Waals surface area contributed by atoms with E-state index < -0.39 is 23.3 Å². The van der Waals surface area contributed by atoms with E-state index >= 15 is 0 Å². The van der Waals surface area contributed by atoms with Gasteiger partial charge in [0, 0.05) is 10.6 Å². The van der Waals surface area contributed by atoms with E-state index in [1.54, 1.807) is 0 Å². The highest BCUT2D eigenvalue weighted by molar-refractivity contribution is 6.30. The largest absolute Gasteiger partial charge is 0.479 e. The van der Waals surface area contributed by atoms with Gasteiger partial charge < -0.3 is 14.9 Å². The van der Waals surface area contributed by atoms with Gasteiger partial charge in [-0.15, -0.1) is 0 Å². The van der Waals surface area contributed by atoms with Crippen LogP contribution in [0.15, 0.2) is 48.5 Å². The zero-order valence-electron chi connectivity index (χ0n) is 19.6. The molecule has 2 N–H and O–H groups in total. The van der Waals surface area contributed by atoms with E-state index in [2.05, 4.69) is 0 Å². The number of aryl methyl sites for hydroxylation is 1. The van der Waals surface area contributed by atoms with Gasteiger partial charge in [-0.2, -0.15) is 0 Å². The van der Waals surface area contributed by atoms with Crippen molar-refractivity contribution >= 4 is 28.3 Å². The number of aliphatic carboxylic acids is 1. The average molecular weight is 467 g/mol. The van der Waals surface area contributed by atoms with Crippen molar-refractivity contribution in [3.05, 3.63) is 70.2 Å². The van der Waals surface area contributed by atoms with E-state index in [1.165, 1.54) is 0 Å². The van der Waals surface area contributed by atoms with E-state index in [0.717, 1.165) is 58.7 Å². The topological polar surface area (TPSA) is 66.8 Å². The van der Waals surface area contributed by atoms with Gasteiger partial charge in [0.2, 0.25) is 0 Å². The van der Waals surface area contributed by atoms with Crippen LogP contribution in [0.3, 0.4) is 0 Å². The molecule has 1 unspecified atom stereocenters. The van der Waals surface area contributed by atoms with Crippen LogP contribution in [0.5, 0.6) is 0 Å². The molecule has 0 aliphatic heterocycles. The molecule has 0 spiro atoms. The van der Waals surface area contributed by atoms with E-state index in [9.17, 15) is 15.0 Å². The lowest BCUT2D eigenvalue weighted by Gasteiger charge is -2.29. The van der Waals surface area contributed by atoms with Crippen molar-refractivity contribution < 1.29 is 19.7 Å². The van der Waals surface area contributed by atoms with Crippen LogP contribution in [0.2, 0.25) is 5.02 Å². The van der Waals surface area contributed by atoms with Crippen molar-refractivity contribution in [1.82, 2.24) is 0 Å². The highest BCUT2D eigenvalue weighted by Crippen LogP contribution is 2.44. The van der Waals surface area contributed by atoms with Crippen molar-refractivity contribution in [2.45, 2.75) is 70.7 Å². The van der Waals surface area contributed by atoms with Gasteiger partial charge in [0.1, 0.15) is 0 Å². The zero-order chi connectivity index (χ0) is 24.0. The Morgan fingerprint density at radius 3 is 2.27 bits per heavy atom. The molecule has 4 nitrogen and oxygen atoms in total. The zero-order valence-corrected chi connectivity index (χ0v) is 20.4. The number of rotatable bonds is 5. The summed E-state index contributed by atoms with van der Waals surface area (Å²) in [4.78, 5) is 12.4. The van der Waals surface area contributed by atoms with Gasteiger partial charge in [-0.1, -0.05) is 54.8 Å². The standard InChI is InChI=1S/C28H31ClO4/c1-17-15-19-7-10-20(28(32)13-5-6-14-28)16-22(19)24(18-8-11-21(29)12-9-18)23(17)25(26(30)31)33-27(2,3)4/h7-12,15-16,25,32H,5-6,13-14H2,1-4H3,(H,30,31). The van der Waals surface area contributed by atoms with Gasteiger partial charge in [0.15, 0.2) is 6.10 Å². The smallest absolute Gasteiger partial charge is 0.337 e. The number of hydrogen-bond donors (Lipinski definition) is 2. The van der Waals surface area contributed by atoms with Gasteiger partial charge in [0.05, 0.1) is 11.2 Å². The normalized spacial score (nSPS) is 16.8. The summed E-state index contributed by atoms with van der Waals surface area (Å²) in [5, 5.41) is 23.9. The number of carbonyl (C=O) groups is 1. The van der Waals surface area contributed by atoms with Crippen molar-refractivity contribution in [2.24, 2.45) is 0 Å². The van der Waals surface area contributed by atoms with E-state index in [-0.39, 0.29) is 0 Å². The minimum absolute atomic E-state index is 0.610. The predicted octanol–water partition coefficient (Wildman–Crippen LogP) is 7.17. The van der Waals surface area contributed by atoms with Crippen molar-refractivity contribution in [3.8, 4) is 11.1 Å². The molecule has 1 aliphatic rings. The molecule has 4 rings (SSSR count). The van der Waals surface area contributed by atoms with Crippen LogP contribution in [0.4, 0.5) is 0 Å². The number of ether oxygens (including phenoxy) is 1. The minimum atomic E-state index is -1.14. The maximum atomic E-state index is 12.4. The molecular formula is C28H31ClO4. The number of aliphatic hydroxyl groups is 1. The van der Waals surface area contributed by atoms with Crippen LogP contribution in [0.1, 0.15) is 69.2 Å². The third-order valence-corrected chi connectivity index (χ3v) is 6.70. The first-order valence-electron chi connectivity index (χ1n) is 11.5. The van der Waals surface area contributed by atoms with Crippen LogP contribution in [0, 0.1) is 6.92 Å². The second kappa shape index (κ2) is 8.75. The van der Waals surface area contributed by atoms with Crippen LogP contribution >= 0.6 is 11.6 Å². The molecule has 1 aliphatic carbocycles. The third kappa shape index (κ3) is 4.79. The predicted molar refractivity (Wildman–Crippen MR) is 133 cm³/mol. The number of carboxylic acid groups (broad SMARTS) is 1.